The Labute approximate surface area is 127 Å². The predicted octanol–water partition coefficient (Wildman–Crippen LogP) is 1.72. The lowest BCUT2D eigenvalue weighted by Gasteiger charge is -2.26. The van der Waals surface area contributed by atoms with Crippen LogP contribution in [0.2, 0.25) is 0 Å². The highest BCUT2D eigenvalue weighted by atomic mass is 16.6. The van der Waals surface area contributed by atoms with E-state index < -0.39 is 18.2 Å². The molecule has 1 heterocycles. The maximum Gasteiger partial charge on any atom is 0.429 e. The summed E-state index contributed by atoms with van der Waals surface area (Å²) < 4.78 is 9.52. The van der Waals surface area contributed by atoms with E-state index in [0.717, 1.165) is 17.7 Å². The van der Waals surface area contributed by atoms with Crippen molar-refractivity contribution in [2.24, 2.45) is 0 Å². The van der Waals surface area contributed by atoms with Crippen LogP contribution in [0.4, 0.5) is 14.4 Å². The molecule has 0 bridgehead atoms. The van der Waals surface area contributed by atoms with Crippen LogP contribution in [0.25, 0.3) is 0 Å². The highest BCUT2D eigenvalue weighted by molar-refractivity contribution is 5.91. The smallest absolute Gasteiger partial charge is 0.429 e. The molecule has 8 heteroatoms. The molecule has 0 aromatic heterocycles. The van der Waals surface area contributed by atoms with Crippen LogP contribution in [0.1, 0.15) is 12.0 Å². The molecule has 4 amide bonds. The molecule has 22 heavy (non-hydrogen) atoms. The third kappa shape index (κ3) is 3.87. The number of imide groups is 1. The van der Waals surface area contributed by atoms with Crippen LogP contribution in [-0.2, 0) is 16.1 Å². The molecule has 0 saturated carbocycles. The standard InChI is InChI=1S/C14H17N3O5/c1-21-13(19)15-12(18)16-8-5-9-17(16)14(20)22-10-11-6-3-2-4-7-11/h2-4,6-7H,5,8-10H2,1H3,(H,15,18,19). The van der Waals surface area contributed by atoms with E-state index in [2.05, 4.69) is 4.74 Å². The normalized spacial score (nSPS) is 13.7. The molecular formula is C14H17N3O5. The zero-order valence-corrected chi connectivity index (χ0v) is 12.2. The summed E-state index contributed by atoms with van der Waals surface area (Å²) >= 11 is 0. The lowest BCUT2D eigenvalue weighted by Crippen LogP contribution is -2.50. The summed E-state index contributed by atoms with van der Waals surface area (Å²) in [6.07, 6.45) is -0.912. The summed E-state index contributed by atoms with van der Waals surface area (Å²) in [7, 11) is 1.15. The van der Waals surface area contributed by atoms with E-state index in [1.807, 2.05) is 35.6 Å². The number of methoxy groups -OCH3 is 1. The molecule has 1 N–H and O–H groups in total. The van der Waals surface area contributed by atoms with Crippen molar-refractivity contribution in [3.63, 3.8) is 0 Å². The highest BCUT2D eigenvalue weighted by Gasteiger charge is 2.32. The van der Waals surface area contributed by atoms with Gasteiger partial charge in [-0.15, -0.1) is 0 Å². The van der Waals surface area contributed by atoms with Gasteiger partial charge in [-0.1, -0.05) is 30.3 Å². The van der Waals surface area contributed by atoms with Crippen LogP contribution < -0.4 is 5.32 Å². The number of carbonyl (C=O) groups is 3. The van der Waals surface area contributed by atoms with Crippen LogP contribution in [0, 0.1) is 0 Å². The molecule has 0 radical (unpaired) electrons. The number of ether oxygens (including phenoxy) is 2. The molecule has 0 aliphatic carbocycles. The molecule has 0 unspecified atom stereocenters. The Bertz CT molecular complexity index is 549. The molecule has 0 atom stereocenters. The molecule has 8 nitrogen and oxygen atoms in total. The monoisotopic (exact) mass is 307 g/mol. The molecule has 1 aromatic carbocycles. The SMILES string of the molecule is COC(=O)NC(=O)N1CCCN1C(=O)OCc1ccccc1. The summed E-state index contributed by atoms with van der Waals surface area (Å²) in [6, 6.07) is 8.49. The van der Waals surface area contributed by atoms with Crippen molar-refractivity contribution in [2.75, 3.05) is 20.2 Å². The lowest BCUT2D eigenvalue weighted by molar-refractivity contribution is 0.0316. The van der Waals surface area contributed by atoms with Gasteiger partial charge in [0.05, 0.1) is 7.11 Å². The summed E-state index contributed by atoms with van der Waals surface area (Å²) in [5.41, 5.74) is 0.848. The van der Waals surface area contributed by atoms with Crippen molar-refractivity contribution in [2.45, 2.75) is 13.0 Å². The number of nitrogens with zero attached hydrogens (tertiary/aromatic N) is 2. The third-order valence-corrected chi connectivity index (χ3v) is 3.08. The number of urea groups is 1. The number of hydrazine groups is 1. The van der Waals surface area contributed by atoms with E-state index in [1.54, 1.807) is 0 Å². The van der Waals surface area contributed by atoms with Gasteiger partial charge in [-0.2, -0.15) is 0 Å². The molecular weight excluding hydrogens is 290 g/mol. The van der Waals surface area contributed by atoms with Gasteiger partial charge in [0.1, 0.15) is 6.61 Å². The van der Waals surface area contributed by atoms with E-state index in [-0.39, 0.29) is 6.61 Å². The summed E-state index contributed by atoms with van der Waals surface area (Å²) in [4.78, 5) is 35.0. The fraction of sp³-hybridized carbons (Fsp3) is 0.357. The Hall–Kier alpha value is -2.77. The Kier molecular flexibility index (Phi) is 5.18. The van der Waals surface area contributed by atoms with Crippen molar-refractivity contribution in [3.8, 4) is 0 Å². The maximum atomic E-state index is 12.1. The van der Waals surface area contributed by atoms with E-state index in [0.29, 0.717) is 19.5 Å². The molecule has 1 fully saturated rings. The second kappa shape index (κ2) is 7.30. The minimum Gasteiger partial charge on any atom is -0.453 e. The van der Waals surface area contributed by atoms with Gasteiger partial charge in [0, 0.05) is 13.1 Å². The molecule has 1 aliphatic rings. The molecule has 118 valence electrons. The van der Waals surface area contributed by atoms with E-state index in [9.17, 15) is 14.4 Å². The van der Waals surface area contributed by atoms with E-state index >= 15 is 0 Å². The average molecular weight is 307 g/mol. The van der Waals surface area contributed by atoms with Crippen LogP contribution in [0.15, 0.2) is 30.3 Å². The molecule has 2 rings (SSSR count). The minimum absolute atomic E-state index is 0.114. The second-order valence-corrected chi connectivity index (χ2v) is 4.56. The van der Waals surface area contributed by atoms with E-state index in [4.69, 9.17) is 4.74 Å². The molecule has 1 aliphatic heterocycles. The van der Waals surface area contributed by atoms with Gasteiger partial charge in [-0.3, -0.25) is 0 Å². The number of alkyl carbamates (subject to hydrolysis) is 1. The number of amides is 4. The average Bonchev–Trinajstić information content (AvgIpc) is 3.03. The summed E-state index contributed by atoms with van der Waals surface area (Å²) in [6.45, 7) is 0.786. The Morgan fingerprint density at radius 3 is 2.50 bits per heavy atom. The molecule has 1 aromatic rings. The summed E-state index contributed by atoms with van der Waals surface area (Å²) in [5, 5.41) is 4.30. The number of benzene rings is 1. The van der Waals surface area contributed by atoms with Crippen molar-refractivity contribution in [1.82, 2.24) is 15.3 Å². The largest absolute Gasteiger partial charge is 0.453 e. The van der Waals surface area contributed by atoms with Crippen LogP contribution in [0.3, 0.4) is 0 Å². The van der Waals surface area contributed by atoms with Gasteiger partial charge < -0.3 is 9.47 Å². The van der Waals surface area contributed by atoms with Gasteiger partial charge >= 0.3 is 18.2 Å². The van der Waals surface area contributed by atoms with Crippen molar-refractivity contribution in [3.05, 3.63) is 35.9 Å². The van der Waals surface area contributed by atoms with Gasteiger partial charge in [0.2, 0.25) is 0 Å². The lowest BCUT2D eigenvalue weighted by atomic mass is 10.2. The third-order valence-electron chi connectivity index (χ3n) is 3.08. The van der Waals surface area contributed by atoms with Crippen LogP contribution in [0.5, 0.6) is 0 Å². The van der Waals surface area contributed by atoms with Crippen molar-refractivity contribution < 1.29 is 23.9 Å². The number of carbonyl (C=O) groups excluding carboxylic acids is 3. The summed E-state index contributed by atoms with van der Waals surface area (Å²) in [5.74, 6) is 0. The number of hydrogen-bond acceptors (Lipinski definition) is 5. The van der Waals surface area contributed by atoms with Gasteiger partial charge in [0.15, 0.2) is 0 Å². The number of hydrogen-bond donors (Lipinski definition) is 1. The van der Waals surface area contributed by atoms with Gasteiger partial charge in [-0.05, 0) is 12.0 Å². The zero-order valence-electron chi connectivity index (χ0n) is 12.2. The molecule has 1 saturated heterocycles. The zero-order chi connectivity index (χ0) is 15.9. The molecule has 0 spiro atoms. The fourth-order valence-corrected chi connectivity index (χ4v) is 2.01. The Balaban J connectivity index is 1.90. The first kappa shape index (κ1) is 15.6. The highest BCUT2D eigenvalue weighted by Crippen LogP contribution is 2.13. The predicted molar refractivity (Wildman–Crippen MR) is 75.6 cm³/mol. The topological polar surface area (TPSA) is 88.2 Å². The first-order chi connectivity index (χ1) is 10.6. The van der Waals surface area contributed by atoms with E-state index in [1.165, 1.54) is 5.01 Å². The fourth-order valence-electron chi connectivity index (χ4n) is 2.01. The first-order valence-corrected chi connectivity index (χ1v) is 6.76. The van der Waals surface area contributed by atoms with Gasteiger partial charge in [-0.25, -0.2) is 29.7 Å². The second-order valence-electron chi connectivity index (χ2n) is 4.56. The quantitative estimate of drug-likeness (QED) is 0.898. The van der Waals surface area contributed by atoms with Crippen LogP contribution in [-0.4, -0.2) is 48.4 Å². The number of nitrogens with one attached hydrogen (secondary N) is 1. The maximum absolute atomic E-state index is 12.1. The van der Waals surface area contributed by atoms with Crippen LogP contribution >= 0.6 is 0 Å². The first-order valence-electron chi connectivity index (χ1n) is 6.76. The minimum atomic E-state index is -0.880. The van der Waals surface area contributed by atoms with Gasteiger partial charge in [0.25, 0.3) is 0 Å². The van der Waals surface area contributed by atoms with Crippen molar-refractivity contribution >= 4 is 18.2 Å². The van der Waals surface area contributed by atoms with Crippen molar-refractivity contribution in [1.29, 1.82) is 0 Å². The Morgan fingerprint density at radius 2 is 1.82 bits per heavy atom. The Morgan fingerprint density at radius 1 is 1.14 bits per heavy atom. The number of rotatable bonds is 2.